The highest BCUT2D eigenvalue weighted by atomic mass is 16.6. The largest absolute Gasteiger partial charge is 0.444 e. The Balaban J connectivity index is 2.28. The van der Waals surface area contributed by atoms with Gasteiger partial charge in [0.25, 0.3) is 0 Å². The number of nitrogens with zero attached hydrogens (tertiary/aromatic N) is 1. The van der Waals surface area contributed by atoms with E-state index in [2.05, 4.69) is 0 Å². The van der Waals surface area contributed by atoms with Gasteiger partial charge in [0.05, 0.1) is 0 Å². The predicted octanol–water partition coefficient (Wildman–Crippen LogP) is 0.563. The molecule has 1 atom stereocenters. The molecule has 0 aromatic heterocycles. The Morgan fingerprint density at radius 3 is 2.56 bits per heavy atom. The summed E-state index contributed by atoms with van der Waals surface area (Å²) in [4.78, 5) is 13.2. The fourth-order valence-electron chi connectivity index (χ4n) is 1.64. The van der Waals surface area contributed by atoms with Crippen LogP contribution in [-0.2, 0) is 4.74 Å². The molecule has 5 nitrogen and oxygen atoms in total. The zero-order valence-electron chi connectivity index (χ0n) is 10.3. The molecule has 1 aliphatic heterocycles. The summed E-state index contributed by atoms with van der Waals surface area (Å²) in [5, 5.41) is 8.75. The molecule has 0 radical (unpaired) electrons. The number of ether oxygens (including phenoxy) is 1. The number of hydrogen-bond donors (Lipinski definition) is 2. The Kier molecular flexibility index (Phi) is 4.15. The summed E-state index contributed by atoms with van der Waals surface area (Å²) in [6.07, 6.45) is 0.312. The molecule has 0 aromatic rings. The number of aliphatic hydroxyl groups excluding tert-OH is 1. The van der Waals surface area contributed by atoms with E-state index in [9.17, 15) is 4.79 Å². The van der Waals surface area contributed by atoms with E-state index in [0.29, 0.717) is 25.4 Å². The van der Waals surface area contributed by atoms with Gasteiger partial charge in [0.15, 0.2) is 0 Å². The molecule has 1 saturated heterocycles. The molecule has 0 aromatic carbocycles. The van der Waals surface area contributed by atoms with E-state index in [-0.39, 0.29) is 18.7 Å². The van der Waals surface area contributed by atoms with Gasteiger partial charge >= 0.3 is 6.09 Å². The Morgan fingerprint density at radius 2 is 2.12 bits per heavy atom. The highest BCUT2D eigenvalue weighted by molar-refractivity contribution is 5.69. The van der Waals surface area contributed by atoms with Crippen LogP contribution in [0.5, 0.6) is 0 Å². The number of likely N-dealkylation sites (tertiary alicyclic amines) is 1. The van der Waals surface area contributed by atoms with Gasteiger partial charge in [0.1, 0.15) is 5.60 Å². The molecule has 0 aliphatic carbocycles. The average Bonchev–Trinajstić information content (AvgIpc) is 1.97. The third kappa shape index (κ3) is 3.64. The Hall–Kier alpha value is -0.810. The van der Waals surface area contributed by atoms with Crippen LogP contribution in [0, 0.1) is 5.92 Å². The SMILES string of the molecule is CC(C)(C)OC(=O)N1CC(C(N)CCO)C1. The van der Waals surface area contributed by atoms with Gasteiger partial charge < -0.3 is 20.5 Å². The smallest absolute Gasteiger partial charge is 0.410 e. The summed E-state index contributed by atoms with van der Waals surface area (Å²) in [6.45, 7) is 6.91. The molecular weight excluding hydrogens is 208 g/mol. The van der Waals surface area contributed by atoms with Crippen LogP contribution in [0.2, 0.25) is 0 Å². The minimum atomic E-state index is -0.449. The van der Waals surface area contributed by atoms with Crippen LogP contribution < -0.4 is 5.73 Å². The lowest BCUT2D eigenvalue weighted by molar-refractivity contribution is -0.00567. The molecule has 0 saturated carbocycles. The fourth-order valence-corrected chi connectivity index (χ4v) is 1.64. The van der Waals surface area contributed by atoms with Gasteiger partial charge in [0.2, 0.25) is 0 Å². The zero-order valence-corrected chi connectivity index (χ0v) is 10.3. The highest BCUT2D eigenvalue weighted by Gasteiger charge is 2.36. The lowest BCUT2D eigenvalue weighted by Crippen LogP contribution is -2.57. The van der Waals surface area contributed by atoms with Crippen LogP contribution in [0.1, 0.15) is 27.2 Å². The van der Waals surface area contributed by atoms with Crippen molar-refractivity contribution in [2.75, 3.05) is 19.7 Å². The first-order chi connectivity index (χ1) is 7.33. The second-order valence-corrected chi connectivity index (χ2v) is 5.32. The van der Waals surface area contributed by atoms with Crippen LogP contribution >= 0.6 is 0 Å². The third-order valence-electron chi connectivity index (χ3n) is 2.63. The molecule has 1 amide bonds. The standard InChI is InChI=1S/C11H22N2O3/c1-11(2,3)16-10(15)13-6-8(7-13)9(12)4-5-14/h8-9,14H,4-7,12H2,1-3H3. The summed E-state index contributed by atoms with van der Waals surface area (Å²) in [6, 6.07) is -0.0244. The van der Waals surface area contributed by atoms with Crippen molar-refractivity contribution in [3.05, 3.63) is 0 Å². The molecule has 1 rings (SSSR count). The van der Waals surface area contributed by atoms with Crippen LogP contribution in [0.4, 0.5) is 4.79 Å². The summed E-state index contributed by atoms with van der Waals surface area (Å²) in [7, 11) is 0. The highest BCUT2D eigenvalue weighted by Crippen LogP contribution is 2.22. The van der Waals surface area contributed by atoms with Crippen molar-refractivity contribution in [3.8, 4) is 0 Å². The van der Waals surface area contributed by atoms with Gasteiger partial charge in [-0.1, -0.05) is 0 Å². The molecule has 3 N–H and O–H groups in total. The summed E-state index contributed by atoms with van der Waals surface area (Å²) >= 11 is 0. The molecule has 16 heavy (non-hydrogen) atoms. The van der Waals surface area contributed by atoms with E-state index in [4.69, 9.17) is 15.6 Å². The van der Waals surface area contributed by atoms with E-state index in [1.165, 1.54) is 0 Å². The molecule has 0 spiro atoms. The molecule has 1 aliphatic rings. The minimum absolute atomic E-state index is 0.0244. The van der Waals surface area contributed by atoms with Crippen molar-refractivity contribution in [2.45, 2.75) is 38.8 Å². The van der Waals surface area contributed by atoms with Crippen molar-refractivity contribution in [3.63, 3.8) is 0 Å². The predicted molar refractivity (Wildman–Crippen MR) is 61.0 cm³/mol. The summed E-state index contributed by atoms with van der Waals surface area (Å²) in [5.74, 6) is 0.291. The average molecular weight is 230 g/mol. The lowest BCUT2D eigenvalue weighted by atomic mass is 9.91. The maximum atomic E-state index is 11.6. The number of rotatable bonds is 3. The maximum absolute atomic E-state index is 11.6. The van der Waals surface area contributed by atoms with Crippen molar-refractivity contribution >= 4 is 6.09 Å². The van der Waals surface area contributed by atoms with Crippen LogP contribution in [0.3, 0.4) is 0 Å². The van der Waals surface area contributed by atoms with Crippen molar-refractivity contribution < 1.29 is 14.6 Å². The quantitative estimate of drug-likeness (QED) is 0.743. The summed E-state index contributed by atoms with van der Waals surface area (Å²) < 4.78 is 5.23. The fraction of sp³-hybridized carbons (Fsp3) is 0.909. The molecule has 5 heteroatoms. The number of aliphatic hydroxyl groups is 1. The van der Waals surface area contributed by atoms with Crippen LogP contribution in [0.25, 0.3) is 0 Å². The van der Waals surface area contributed by atoms with Crippen LogP contribution in [-0.4, -0.2) is 47.4 Å². The monoisotopic (exact) mass is 230 g/mol. The van der Waals surface area contributed by atoms with Gasteiger partial charge in [0, 0.05) is 31.7 Å². The van der Waals surface area contributed by atoms with Crippen molar-refractivity contribution in [1.82, 2.24) is 4.90 Å². The van der Waals surface area contributed by atoms with E-state index < -0.39 is 5.60 Å². The molecule has 1 heterocycles. The first kappa shape index (κ1) is 13.3. The molecule has 94 valence electrons. The van der Waals surface area contributed by atoms with Crippen molar-refractivity contribution in [1.29, 1.82) is 0 Å². The Morgan fingerprint density at radius 1 is 1.56 bits per heavy atom. The van der Waals surface area contributed by atoms with Gasteiger partial charge in [-0.2, -0.15) is 0 Å². The lowest BCUT2D eigenvalue weighted by Gasteiger charge is -2.42. The molecule has 1 unspecified atom stereocenters. The minimum Gasteiger partial charge on any atom is -0.444 e. The topological polar surface area (TPSA) is 75.8 Å². The van der Waals surface area contributed by atoms with Crippen molar-refractivity contribution in [2.24, 2.45) is 11.7 Å². The van der Waals surface area contributed by atoms with E-state index >= 15 is 0 Å². The number of nitrogens with two attached hydrogens (primary N) is 1. The molecule has 1 fully saturated rings. The van der Waals surface area contributed by atoms with Gasteiger partial charge in [-0.15, -0.1) is 0 Å². The Bertz CT molecular complexity index is 244. The molecule has 0 bridgehead atoms. The second kappa shape index (κ2) is 5.01. The van der Waals surface area contributed by atoms with Gasteiger partial charge in [-0.3, -0.25) is 0 Å². The number of carbonyl (C=O) groups excluding carboxylic acids is 1. The number of amides is 1. The summed E-state index contributed by atoms with van der Waals surface area (Å²) in [5.41, 5.74) is 5.39. The maximum Gasteiger partial charge on any atom is 0.410 e. The molecular formula is C11H22N2O3. The van der Waals surface area contributed by atoms with E-state index in [1.54, 1.807) is 4.90 Å². The number of hydrogen-bond acceptors (Lipinski definition) is 4. The van der Waals surface area contributed by atoms with E-state index in [1.807, 2.05) is 20.8 Å². The van der Waals surface area contributed by atoms with Gasteiger partial charge in [-0.05, 0) is 27.2 Å². The van der Waals surface area contributed by atoms with E-state index in [0.717, 1.165) is 0 Å². The Labute approximate surface area is 96.6 Å². The second-order valence-electron chi connectivity index (χ2n) is 5.32. The van der Waals surface area contributed by atoms with Gasteiger partial charge in [-0.25, -0.2) is 4.79 Å². The first-order valence-corrected chi connectivity index (χ1v) is 5.68. The third-order valence-corrected chi connectivity index (χ3v) is 2.63. The normalized spacial score (nSPS) is 19.2. The first-order valence-electron chi connectivity index (χ1n) is 5.68. The zero-order chi connectivity index (χ0) is 12.3. The number of carbonyl (C=O) groups is 1. The van der Waals surface area contributed by atoms with Crippen LogP contribution in [0.15, 0.2) is 0 Å².